The number of carboxylic acid groups (broad SMARTS) is 1. The summed E-state index contributed by atoms with van der Waals surface area (Å²) in [6.07, 6.45) is 4.65. The number of carboxylic acids is 1. The second kappa shape index (κ2) is 7.61. The fourth-order valence-corrected chi connectivity index (χ4v) is 4.37. The molecule has 0 atom stereocenters. The van der Waals surface area contributed by atoms with E-state index in [2.05, 4.69) is 0 Å². The third-order valence-electron chi connectivity index (χ3n) is 4.94. The van der Waals surface area contributed by atoms with Gasteiger partial charge in [-0.3, -0.25) is 9.59 Å². The van der Waals surface area contributed by atoms with E-state index in [1.54, 1.807) is 6.92 Å². The highest BCUT2D eigenvalue weighted by Crippen LogP contribution is 2.31. The highest BCUT2D eigenvalue weighted by Gasteiger charge is 2.34. The van der Waals surface area contributed by atoms with Crippen LogP contribution in [-0.4, -0.2) is 66.0 Å². The monoisotopic (exact) mass is 346 g/mol. The number of hydrogen-bond donors (Lipinski definition) is 1. The first-order chi connectivity index (χ1) is 10.8. The minimum atomic E-state index is -3.21. The predicted octanol–water partition coefficient (Wildman–Crippen LogP) is 0.904. The Labute approximate surface area is 137 Å². The van der Waals surface area contributed by atoms with Crippen LogP contribution in [0.1, 0.15) is 45.4 Å². The summed E-state index contributed by atoms with van der Waals surface area (Å²) in [5, 5.41) is 9.09. The smallest absolute Gasteiger partial charge is 0.323 e. The van der Waals surface area contributed by atoms with Gasteiger partial charge in [0.15, 0.2) is 0 Å². The van der Waals surface area contributed by atoms with Gasteiger partial charge in [0.1, 0.15) is 6.54 Å². The normalized spacial score (nSPS) is 20.9. The first kappa shape index (κ1) is 18.2. The Morgan fingerprint density at radius 2 is 1.78 bits per heavy atom. The number of carbonyl (C=O) groups excluding carboxylic acids is 1. The van der Waals surface area contributed by atoms with Crippen molar-refractivity contribution in [2.24, 2.45) is 5.92 Å². The fraction of sp³-hybridized carbons (Fsp3) is 0.867. The molecule has 0 bridgehead atoms. The van der Waals surface area contributed by atoms with Crippen LogP contribution in [0.15, 0.2) is 0 Å². The van der Waals surface area contributed by atoms with Crippen molar-refractivity contribution in [2.75, 3.05) is 25.4 Å². The molecule has 0 radical (unpaired) electrons. The fourth-order valence-electron chi connectivity index (χ4n) is 3.24. The zero-order valence-corrected chi connectivity index (χ0v) is 14.4. The maximum atomic E-state index is 12.4. The topological polar surface area (TPSA) is 95.0 Å². The Morgan fingerprint density at radius 3 is 2.22 bits per heavy atom. The molecule has 0 aromatic heterocycles. The summed E-state index contributed by atoms with van der Waals surface area (Å²) in [5.74, 6) is -0.666. The van der Waals surface area contributed by atoms with Gasteiger partial charge in [-0.15, -0.1) is 0 Å². The summed E-state index contributed by atoms with van der Waals surface area (Å²) >= 11 is 0. The van der Waals surface area contributed by atoms with Gasteiger partial charge in [-0.1, -0.05) is 6.42 Å². The molecule has 1 N–H and O–H groups in total. The number of hydrogen-bond acceptors (Lipinski definition) is 4. The van der Waals surface area contributed by atoms with Crippen molar-refractivity contribution >= 4 is 21.9 Å². The lowest BCUT2D eigenvalue weighted by Gasteiger charge is -2.38. The third-order valence-corrected chi connectivity index (χ3v) is 6.82. The first-order valence-electron chi connectivity index (χ1n) is 8.32. The number of amides is 1. The quantitative estimate of drug-likeness (QED) is 0.739. The van der Waals surface area contributed by atoms with Crippen molar-refractivity contribution in [1.82, 2.24) is 9.21 Å². The van der Waals surface area contributed by atoms with Gasteiger partial charge in [0, 0.05) is 25.6 Å². The minimum absolute atomic E-state index is 0.0666. The van der Waals surface area contributed by atoms with Crippen molar-refractivity contribution in [1.29, 1.82) is 0 Å². The molecule has 1 saturated heterocycles. The summed E-state index contributed by atoms with van der Waals surface area (Å²) in [5.41, 5.74) is 0. The standard InChI is InChI=1S/C15H26N2O5S/c1-2-23(21,22)16-8-6-13(7-9-16)17(11-15(19)20)14(18)10-12-4-3-5-12/h12-13H,2-11H2,1H3,(H,19,20). The molecule has 0 aromatic carbocycles. The highest BCUT2D eigenvalue weighted by atomic mass is 32.2. The van der Waals surface area contributed by atoms with Gasteiger partial charge < -0.3 is 10.0 Å². The summed E-state index contributed by atoms with van der Waals surface area (Å²) in [6.45, 7) is 2.03. The predicted molar refractivity (Wildman–Crippen MR) is 85.4 cm³/mol. The molecule has 132 valence electrons. The van der Waals surface area contributed by atoms with Crippen LogP contribution in [0.25, 0.3) is 0 Å². The van der Waals surface area contributed by atoms with Crippen LogP contribution in [0.5, 0.6) is 0 Å². The van der Waals surface area contributed by atoms with E-state index < -0.39 is 16.0 Å². The molecule has 1 aliphatic heterocycles. The van der Waals surface area contributed by atoms with Crippen LogP contribution in [0, 0.1) is 5.92 Å². The molecular weight excluding hydrogens is 320 g/mol. The molecule has 1 aliphatic carbocycles. The van der Waals surface area contributed by atoms with Crippen LogP contribution in [0.2, 0.25) is 0 Å². The Kier molecular flexibility index (Phi) is 6.02. The van der Waals surface area contributed by atoms with Gasteiger partial charge in [0.05, 0.1) is 5.75 Å². The Balaban J connectivity index is 1.97. The van der Waals surface area contributed by atoms with E-state index in [4.69, 9.17) is 5.11 Å². The van der Waals surface area contributed by atoms with Gasteiger partial charge in [0.2, 0.25) is 15.9 Å². The van der Waals surface area contributed by atoms with Crippen LogP contribution in [0.4, 0.5) is 0 Å². The molecule has 7 nitrogen and oxygen atoms in total. The minimum Gasteiger partial charge on any atom is -0.480 e. The van der Waals surface area contributed by atoms with Crippen molar-refractivity contribution in [3.05, 3.63) is 0 Å². The molecule has 0 aromatic rings. The molecule has 1 heterocycles. The highest BCUT2D eigenvalue weighted by molar-refractivity contribution is 7.89. The average Bonchev–Trinajstić information content (AvgIpc) is 2.48. The lowest BCUT2D eigenvalue weighted by Crippen LogP contribution is -2.50. The number of nitrogens with zero attached hydrogens (tertiary/aromatic N) is 2. The zero-order valence-electron chi connectivity index (χ0n) is 13.6. The van der Waals surface area contributed by atoms with Gasteiger partial charge >= 0.3 is 5.97 Å². The number of aliphatic carboxylic acids is 1. The van der Waals surface area contributed by atoms with Crippen molar-refractivity contribution < 1.29 is 23.1 Å². The third kappa shape index (κ3) is 4.67. The molecule has 2 fully saturated rings. The molecule has 1 saturated carbocycles. The summed E-state index contributed by atoms with van der Waals surface area (Å²) < 4.78 is 25.2. The van der Waals surface area contributed by atoms with Crippen molar-refractivity contribution in [2.45, 2.75) is 51.5 Å². The lowest BCUT2D eigenvalue weighted by molar-refractivity contribution is -0.147. The average molecular weight is 346 g/mol. The van der Waals surface area contributed by atoms with Gasteiger partial charge in [-0.2, -0.15) is 0 Å². The summed E-state index contributed by atoms with van der Waals surface area (Å²) in [4.78, 5) is 25.0. The van der Waals surface area contributed by atoms with Gasteiger partial charge in [-0.05, 0) is 38.5 Å². The maximum Gasteiger partial charge on any atom is 0.323 e. The second-order valence-electron chi connectivity index (χ2n) is 6.45. The van der Waals surface area contributed by atoms with E-state index in [0.717, 1.165) is 19.3 Å². The molecule has 2 rings (SSSR count). The molecule has 23 heavy (non-hydrogen) atoms. The maximum absolute atomic E-state index is 12.4. The van der Waals surface area contributed by atoms with E-state index in [1.807, 2.05) is 0 Å². The molecule has 1 amide bonds. The summed E-state index contributed by atoms with van der Waals surface area (Å²) in [7, 11) is -3.21. The van der Waals surface area contributed by atoms with E-state index in [9.17, 15) is 18.0 Å². The molecular formula is C15H26N2O5S. The number of carbonyl (C=O) groups is 2. The Bertz CT molecular complexity index is 536. The van der Waals surface area contributed by atoms with E-state index in [0.29, 0.717) is 38.3 Å². The first-order valence-corrected chi connectivity index (χ1v) is 9.93. The Morgan fingerprint density at radius 1 is 1.17 bits per heavy atom. The van der Waals surface area contributed by atoms with Gasteiger partial charge in [0.25, 0.3) is 0 Å². The van der Waals surface area contributed by atoms with Crippen LogP contribution >= 0.6 is 0 Å². The van der Waals surface area contributed by atoms with E-state index >= 15 is 0 Å². The van der Waals surface area contributed by atoms with Crippen LogP contribution < -0.4 is 0 Å². The molecule has 0 spiro atoms. The Hall–Kier alpha value is -1.15. The van der Waals surface area contributed by atoms with Crippen molar-refractivity contribution in [3.63, 3.8) is 0 Å². The summed E-state index contributed by atoms with van der Waals surface area (Å²) in [6, 6.07) is -0.179. The van der Waals surface area contributed by atoms with Gasteiger partial charge in [-0.25, -0.2) is 12.7 Å². The lowest BCUT2D eigenvalue weighted by atomic mass is 9.82. The van der Waals surface area contributed by atoms with Crippen molar-refractivity contribution in [3.8, 4) is 0 Å². The van der Waals surface area contributed by atoms with Crippen LogP contribution in [-0.2, 0) is 19.6 Å². The number of piperidine rings is 1. The SMILES string of the molecule is CCS(=O)(=O)N1CCC(N(CC(=O)O)C(=O)CC2CCC2)CC1. The number of sulfonamides is 1. The molecule has 2 aliphatic rings. The zero-order chi connectivity index (χ0) is 17.0. The molecule has 0 unspecified atom stereocenters. The van der Waals surface area contributed by atoms with E-state index in [1.165, 1.54) is 9.21 Å². The number of rotatable bonds is 7. The largest absolute Gasteiger partial charge is 0.480 e. The molecule has 8 heteroatoms. The van der Waals surface area contributed by atoms with Crippen LogP contribution in [0.3, 0.4) is 0 Å². The second-order valence-corrected chi connectivity index (χ2v) is 8.70. The van der Waals surface area contributed by atoms with E-state index in [-0.39, 0.29) is 24.2 Å².